The molecule has 11 heteroatoms. The zero-order valence-corrected chi connectivity index (χ0v) is 18.1. The molecule has 1 aliphatic rings. The molecule has 1 fully saturated rings. The predicted octanol–water partition coefficient (Wildman–Crippen LogP) is 2.86. The van der Waals surface area contributed by atoms with Gasteiger partial charge in [0.25, 0.3) is 0 Å². The summed E-state index contributed by atoms with van der Waals surface area (Å²) in [4.78, 5) is 15.7. The molecular weight excluding hydrogens is 450 g/mol. The van der Waals surface area contributed by atoms with Crippen LogP contribution in [0.2, 0.25) is 0 Å². The summed E-state index contributed by atoms with van der Waals surface area (Å²) in [5.74, 6) is -1.34. The van der Waals surface area contributed by atoms with Crippen molar-refractivity contribution in [1.29, 1.82) is 0 Å². The van der Waals surface area contributed by atoms with Crippen LogP contribution in [0.4, 0.5) is 17.6 Å². The number of nitrogens with zero attached hydrogens (tertiary/aromatic N) is 2. The van der Waals surface area contributed by atoms with Crippen LogP contribution in [0.25, 0.3) is 0 Å². The molecule has 2 aromatic carbocycles. The Morgan fingerprint density at radius 2 is 1.62 bits per heavy atom. The summed E-state index contributed by atoms with van der Waals surface area (Å²) in [6.07, 6.45) is -4.38. The molecule has 1 N–H and O–H groups in total. The number of amides is 1. The second-order valence-corrected chi connectivity index (χ2v) is 9.25. The van der Waals surface area contributed by atoms with Crippen LogP contribution in [0.3, 0.4) is 0 Å². The minimum absolute atomic E-state index is 0.339. The third-order valence-corrected chi connectivity index (χ3v) is 6.77. The summed E-state index contributed by atoms with van der Waals surface area (Å²) in [5.41, 5.74) is 0.0206. The van der Waals surface area contributed by atoms with Crippen molar-refractivity contribution in [1.82, 2.24) is 14.5 Å². The third-order valence-electron chi connectivity index (χ3n) is 5.20. The van der Waals surface area contributed by atoms with Crippen LogP contribution < -0.4 is 4.72 Å². The van der Waals surface area contributed by atoms with E-state index in [1.807, 2.05) is 4.90 Å². The Morgan fingerprint density at radius 1 is 1.03 bits per heavy atom. The lowest BCUT2D eigenvalue weighted by Gasteiger charge is -2.36. The van der Waals surface area contributed by atoms with Crippen LogP contribution >= 0.6 is 0 Å². The largest absolute Gasteiger partial charge is 0.416 e. The number of carbonyl (C=O) groups is 1. The summed E-state index contributed by atoms with van der Waals surface area (Å²) in [5, 5.41) is 0. The summed E-state index contributed by atoms with van der Waals surface area (Å²) >= 11 is 0. The van der Waals surface area contributed by atoms with Crippen molar-refractivity contribution in [2.24, 2.45) is 0 Å². The molecule has 0 aromatic heterocycles. The maximum absolute atomic E-state index is 13.8. The summed E-state index contributed by atoms with van der Waals surface area (Å²) < 4.78 is 78.8. The van der Waals surface area contributed by atoms with E-state index in [0.29, 0.717) is 32.7 Å². The van der Waals surface area contributed by atoms with E-state index >= 15 is 0 Å². The number of hydrogen-bond donors (Lipinski definition) is 1. The first-order valence-corrected chi connectivity index (χ1v) is 11.4. The maximum Gasteiger partial charge on any atom is 0.416 e. The zero-order valence-electron chi connectivity index (χ0n) is 17.3. The van der Waals surface area contributed by atoms with Crippen molar-refractivity contribution in [2.75, 3.05) is 26.2 Å². The van der Waals surface area contributed by atoms with Gasteiger partial charge in [0, 0.05) is 32.7 Å². The maximum atomic E-state index is 13.8. The second-order valence-electron chi connectivity index (χ2n) is 7.57. The van der Waals surface area contributed by atoms with Crippen LogP contribution in [0.5, 0.6) is 0 Å². The van der Waals surface area contributed by atoms with Gasteiger partial charge >= 0.3 is 6.18 Å². The molecule has 0 saturated carbocycles. The third kappa shape index (κ3) is 5.84. The van der Waals surface area contributed by atoms with Crippen molar-refractivity contribution in [3.05, 3.63) is 65.5 Å². The minimum Gasteiger partial charge on any atom is -0.339 e. The number of piperazine rings is 1. The van der Waals surface area contributed by atoms with Gasteiger partial charge in [-0.1, -0.05) is 24.3 Å². The van der Waals surface area contributed by atoms with Crippen LogP contribution in [0, 0.1) is 5.82 Å². The van der Waals surface area contributed by atoms with E-state index < -0.39 is 44.4 Å². The summed E-state index contributed by atoms with van der Waals surface area (Å²) in [6, 6.07) is 8.76. The van der Waals surface area contributed by atoms with Crippen LogP contribution in [-0.2, 0) is 27.5 Å². The smallest absolute Gasteiger partial charge is 0.339 e. The Bertz CT molecular complexity index is 1050. The van der Waals surface area contributed by atoms with Crippen LogP contribution in [0.15, 0.2) is 53.4 Å². The molecule has 1 atom stereocenters. The first-order chi connectivity index (χ1) is 15.0. The number of halogens is 4. The molecule has 6 nitrogen and oxygen atoms in total. The van der Waals surface area contributed by atoms with Crippen molar-refractivity contribution in [3.8, 4) is 0 Å². The van der Waals surface area contributed by atoms with Gasteiger partial charge in [0.15, 0.2) is 0 Å². The molecule has 1 heterocycles. The first kappa shape index (κ1) is 24.1. The highest BCUT2D eigenvalue weighted by atomic mass is 32.2. The van der Waals surface area contributed by atoms with Gasteiger partial charge in [0.2, 0.25) is 15.9 Å². The SMILES string of the molecule is C[C@H](NS(=O)(=O)c1ccccc1F)C(=O)N1CCN(Cc2ccc(C(F)(F)F)cc2)CC1. The number of carbonyl (C=O) groups excluding carboxylic acids is 1. The lowest BCUT2D eigenvalue weighted by atomic mass is 10.1. The van der Waals surface area contributed by atoms with E-state index in [1.165, 1.54) is 36.1 Å². The Morgan fingerprint density at radius 3 is 2.19 bits per heavy atom. The molecule has 0 spiro atoms. The molecule has 1 amide bonds. The van der Waals surface area contributed by atoms with Crippen LogP contribution in [0.1, 0.15) is 18.1 Å². The molecule has 3 rings (SSSR count). The standard InChI is InChI=1S/C21H23F4N3O3S/c1-15(26-32(30,31)19-5-3-2-4-18(19)22)20(29)28-12-10-27(11-13-28)14-16-6-8-17(9-7-16)21(23,24)25/h2-9,15,26H,10-14H2,1H3/t15-/m0/s1. The van der Waals surface area contributed by atoms with E-state index in [1.54, 1.807) is 0 Å². The molecular formula is C21H23F4N3O3S. The van der Waals surface area contributed by atoms with Gasteiger partial charge < -0.3 is 4.90 Å². The summed E-state index contributed by atoms with van der Waals surface area (Å²) in [6.45, 7) is 3.49. The molecule has 32 heavy (non-hydrogen) atoms. The first-order valence-electron chi connectivity index (χ1n) is 9.91. The number of alkyl halides is 3. The molecule has 1 saturated heterocycles. The Labute approximate surface area is 183 Å². The molecule has 0 bridgehead atoms. The average molecular weight is 473 g/mol. The van der Waals surface area contributed by atoms with Gasteiger partial charge in [-0.3, -0.25) is 9.69 Å². The van der Waals surface area contributed by atoms with E-state index in [4.69, 9.17) is 0 Å². The highest BCUT2D eigenvalue weighted by Crippen LogP contribution is 2.29. The van der Waals surface area contributed by atoms with Gasteiger partial charge in [-0.05, 0) is 36.8 Å². The van der Waals surface area contributed by atoms with Crippen molar-refractivity contribution < 1.29 is 30.8 Å². The van der Waals surface area contributed by atoms with Crippen LogP contribution in [-0.4, -0.2) is 56.3 Å². The molecule has 0 aliphatic carbocycles. The van der Waals surface area contributed by atoms with E-state index in [-0.39, 0.29) is 0 Å². The van der Waals surface area contributed by atoms with Gasteiger partial charge in [0.05, 0.1) is 11.6 Å². The fraction of sp³-hybridized carbons (Fsp3) is 0.381. The highest BCUT2D eigenvalue weighted by Gasteiger charge is 2.31. The van der Waals surface area contributed by atoms with Gasteiger partial charge in [-0.15, -0.1) is 0 Å². The molecule has 0 unspecified atom stereocenters. The number of hydrogen-bond acceptors (Lipinski definition) is 4. The number of rotatable bonds is 6. The molecule has 174 valence electrons. The van der Waals surface area contributed by atoms with Crippen molar-refractivity contribution in [2.45, 2.75) is 30.6 Å². The topological polar surface area (TPSA) is 69.7 Å². The Kier molecular flexibility index (Phi) is 7.21. The molecule has 2 aromatic rings. The van der Waals surface area contributed by atoms with Crippen molar-refractivity contribution in [3.63, 3.8) is 0 Å². The highest BCUT2D eigenvalue weighted by molar-refractivity contribution is 7.89. The number of benzene rings is 2. The van der Waals surface area contributed by atoms with Crippen molar-refractivity contribution >= 4 is 15.9 Å². The lowest BCUT2D eigenvalue weighted by Crippen LogP contribution is -2.53. The number of sulfonamides is 1. The Hall–Kier alpha value is -2.50. The van der Waals surface area contributed by atoms with E-state index in [2.05, 4.69) is 4.72 Å². The number of nitrogens with one attached hydrogen (secondary N) is 1. The predicted molar refractivity (Wildman–Crippen MR) is 109 cm³/mol. The fourth-order valence-corrected chi connectivity index (χ4v) is 4.74. The lowest BCUT2D eigenvalue weighted by molar-refractivity contribution is -0.137. The molecule has 0 radical (unpaired) electrons. The zero-order chi connectivity index (χ0) is 23.5. The van der Waals surface area contributed by atoms with E-state index in [0.717, 1.165) is 29.8 Å². The minimum atomic E-state index is -4.38. The monoisotopic (exact) mass is 473 g/mol. The van der Waals surface area contributed by atoms with Gasteiger partial charge in [-0.2, -0.15) is 17.9 Å². The van der Waals surface area contributed by atoms with Gasteiger partial charge in [-0.25, -0.2) is 12.8 Å². The molecule has 1 aliphatic heterocycles. The quantitative estimate of drug-likeness (QED) is 0.656. The summed E-state index contributed by atoms with van der Waals surface area (Å²) in [7, 11) is -4.20. The normalized spacial score (nSPS) is 16.7. The average Bonchev–Trinajstić information content (AvgIpc) is 2.73. The fourth-order valence-electron chi connectivity index (χ4n) is 3.47. The van der Waals surface area contributed by atoms with Gasteiger partial charge in [0.1, 0.15) is 10.7 Å². The van der Waals surface area contributed by atoms with E-state index in [9.17, 15) is 30.8 Å². The second kappa shape index (κ2) is 9.55. The Balaban J connectivity index is 1.53.